The van der Waals surface area contributed by atoms with Crippen LogP contribution in [0.2, 0.25) is 10.0 Å². The van der Waals surface area contributed by atoms with Gasteiger partial charge in [-0.05, 0) is 30.3 Å². The van der Waals surface area contributed by atoms with E-state index in [9.17, 15) is 10.1 Å². The Morgan fingerprint density at radius 2 is 1.91 bits per heavy atom. The van der Waals surface area contributed by atoms with Crippen molar-refractivity contribution >= 4 is 47.1 Å². The van der Waals surface area contributed by atoms with E-state index in [1.165, 1.54) is 0 Å². The van der Waals surface area contributed by atoms with Gasteiger partial charge < -0.3 is 23.7 Å². The fourth-order valence-corrected chi connectivity index (χ4v) is 4.10. The molecule has 10 heteroatoms. The van der Waals surface area contributed by atoms with E-state index in [1.807, 2.05) is 35.2 Å². The van der Waals surface area contributed by atoms with Gasteiger partial charge in [-0.25, -0.2) is 0 Å². The highest BCUT2D eigenvalue weighted by molar-refractivity contribution is 6.35. The summed E-state index contributed by atoms with van der Waals surface area (Å²) in [5, 5.41) is 10.4. The van der Waals surface area contributed by atoms with Crippen molar-refractivity contribution < 1.29 is 18.7 Å². The summed E-state index contributed by atoms with van der Waals surface area (Å²) in [7, 11) is 1.60. The van der Waals surface area contributed by atoms with E-state index in [0.717, 1.165) is 11.3 Å². The molecule has 1 aliphatic rings. The average molecular weight is 513 g/mol. The van der Waals surface area contributed by atoms with E-state index in [4.69, 9.17) is 37.1 Å². The standard InChI is InChI=1S/C25H22Cl2N4O4/c1-33-21-5-3-2-4-17(21)6-9-23-29-20(15-28)25(35-23)31-12-10-30(11-13-31)24(32)16-34-22-8-7-18(26)14-19(22)27/h2-9,14H,10-13,16H2,1H3/b9-6+. The number of anilines is 1. The summed E-state index contributed by atoms with van der Waals surface area (Å²) >= 11 is 12.0. The lowest BCUT2D eigenvalue weighted by Gasteiger charge is -2.34. The molecule has 2 aromatic carbocycles. The predicted octanol–water partition coefficient (Wildman–Crippen LogP) is 4.76. The van der Waals surface area contributed by atoms with E-state index in [0.29, 0.717) is 53.7 Å². The Kier molecular flexibility index (Phi) is 7.80. The first-order valence-corrected chi connectivity index (χ1v) is 11.6. The minimum absolute atomic E-state index is 0.134. The molecular formula is C25H22Cl2N4O4. The lowest BCUT2D eigenvalue weighted by molar-refractivity contribution is -0.133. The number of oxazole rings is 1. The summed E-state index contributed by atoms with van der Waals surface area (Å²) in [4.78, 5) is 20.5. The Morgan fingerprint density at radius 1 is 1.14 bits per heavy atom. The van der Waals surface area contributed by atoms with Gasteiger partial charge in [0.2, 0.25) is 17.5 Å². The van der Waals surface area contributed by atoms with Gasteiger partial charge in [0, 0.05) is 42.8 Å². The molecule has 0 N–H and O–H groups in total. The molecule has 0 radical (unpaired) electrons. The zero-order valence-corrected chi connectivity index (χ0v) is 20.4. The summed E-state index contributed by atoms with van der Waals surface area (Å²) < 4.78 is 16.8. The van der Waals surface area contributed by atoms with Gasteiger partial charge in [-0.3, -0.25) is 4.79 Å². The van der Waals surface area contributed by atoms with Gasteiger partial charge in [0.1, 0.15) is 17.6 Å². The summed E-state index contributed by atoms with van der Waals surface area (Å²) in [5.74, 6) is 1.67. The maximum Gasteiger partial charge on any atom is 0.260 e. The molecule has 0 bridgehead atoms. The highest BCUT2D eigenvalue weighted by Crippen LogP contribution is 2.28. The molecule has 8 nitrogen and oxygen atoms in total. The molecular weight excluding hydrogens is 491 g/mol. The SMILES string of the molecule is COc1ccccc1/C=C/c1nc(C#N)c(N2CCN(C(=O)COc3ccc(Cl)cc3Cl)CC2)o1. The molecule has 2 heterocycles. The molecule has 1 saturated heterocycles. The van der Waals surface area contributed by atoms with Crippen LogP contribution in [0.5, 0.6) is 11.5 Å². The molecule has 3 aromatic rings. The molecule has 1 aromatic heterocycles. The van der Waals surface area contributed by atoms with Crippen LogP contribution in [-0.2, 0) is 4.79 Å². The summed E-state index contributed by atoms with van der Waals surface area (Å²) in [6.07, 6.45) is 3.51. The van der Waals surface area contributed by atoms with E-state index in [2.05, 4.69) is 11.1 Å². The van der Waals surface area contributed by atoms with Gasteiger partial charge in [0.15, 0.2) is 6.61 Å². The molecule has 0 atom stereocenters. The van der Waals surface area contributed by atoms with Gasteiger partial charge >= 0.3 is 0 Å². The second kappa shape index (κ2) is 11.2. The van der Waals surface area contributed by atoms with Crippen molar-refractivity contribution in [2.45, 2.75) is 0 Å². The second-order valence-corrected chi connectivity index (χ2v) is 8.47. The number of nitrogens with zero attached hydrogens (tertiary/aromatic N) is 4. The van der Waals surface area contributed by atoms with Crippen LogP contribution in [0.1, 0.15) is 17.1 Å². The first-order chi connectivity index (χ1) is 17.0. The number of carbonyl (C=O) groups is 1. The highest BCUT2D eigenvalue weighted by Gasteiger charge is 2.26. The topological polar surface area (TPSA) is 91.8 Å². The van der Waals surface area contributed by atoms with Crippen molar-refractivity contribution in [2.24, 2.45) is 0 Å². The van der Waals surface area contributed by atoms with E-state index in [1.54, 1.807) is 36.3 Å². The number of hydrogen-bond donors (Lipinski definition) is 0. The molecule has 4 rings (SSSR count). The number of aromatic nitrogens is 1. The Hall–Kier alpha value is -3.67. The Bertz CT molecular complexity index is 1280. The zero-order valence-electron chi connectivity index (χ0n) is 18.9. The quantitative estimate of drug-likeness (QED) is 0.450. The predicted molar refractivity (Wildman–Crippen MR) is 134 cm³/mol. The van der Waals surface area contributed by atoms with Gasteiger partial charge in [-0.15, -0.1) is 0 Å². The zero-order chi connectivity index (χ0) is 24.8. The van der Waals surface area contributed by atoms with Crippen LogP contribution < -0.4 is 14.4 Å². The van der Waals surface area contributed by atoms with Gasteiger partial charge in [-0.1, -0.05) is 41.4 Å². The van der Waals surface area contributed by atoms with E-state index >= 15 is 0 Å². The Labute approximate surface area is 212 Å². The second-order valence-electron chi connectivity index (χ2n) is 7.62. The van der Waals surface area contributed by atoms with Gasteiger partial charge in [0.25, 0.3) is 5.91 Å². The maximum absolute atomic E-state index is 12.6. The molecule has 1 fully saturated rings. The lowest BCUT2D eigenvalue weighted by Crippen LogP contribution is -2.50. The van der Waals surface area contributed by atoms with Crippen LogP contribution in [0.25, 0.3) is 12.2 Å². The van der Waals surface area contributed by atoms with Crippen molar-refractivity contribution in [3.05, 3.63) is 69.7 Å². The van der Waals surface area contributed by atoms with Crippen LogP contribution in [0, 0.1) is 11.3 Å². The number of amides is 1. The molecule has 0 saturated carbocycles. The van der Waals surface area contributed by atoms with Crippen molar-refractivity contribution in [3.63, 3.8) is 0 Å². The van der Waals surface area contributed by atoms with Crippen LogP contribution in [0.4, 0.5) is 5.88 Å². The van der Waals surface area contributed by atoms with Crippen molar-refractivity contribution in [1.82, 2.24) is 9.88 Å². The largest absolute Gasteiger partial charge is 0.496 e. The van der Waals surface area contributed by atoms with Crippen LogP contribution >= 0.6 is 23.2 Å². The molecule has 1 amide bonds. The van der Waals surface area contributed by atoms with Crippen LogP contribution in [0.15, 0.2) is 46.9 Å². The van der Waals surface area contributed by atoms with E-state index in [-0.39, 0.29) is 18.2 Å². The Balaban J connectivity index is 1.36. The molecule has 1 aliphatic heterocycles. The molecule has 0 aliphatic carbocycles. The number of carbonyl (C=O) groups excluding carboxylic acids is 1. The van der Waals surface area contributed by atoms with Crippen molar-refractivity contribution in [3.8, 4) is 17.6 Å². The fraction of sp³-hybridized carbons (Fsp3) is 0.240. The molecule has 0 spiro atoms. The van der Waals surface area contributed by atoms with Crippen molar-refractivity contribution in [2.75, 3.05) is 44.8 Å². The minimum Gasteiger partial charge on any atom is -0.496 e. The number of halogens is 2. The maximum atomic E-state index is 12.6. The lowest BCUT2D eigenvalue weighted by atomic mass is 10.2. The van der Waals surface area contributed by atoms with Crippen LogP contribution in [-0.4, -0.2) is 55.7 Å². The van der Waals surface area contributed by atoms with Crippen molar-refractivity contribution in [1.29, 1.82) is 5.26 Å². The molecule has 35 heavy (non-hydrogen) atoms. The van der Waals surface area contributed by atoms with Gasteiger partial charge in [0.05, 0.1) is 12.1 Å². The minimum atomic E-state index is -0.158. The smallest absolute Gasteiger partial charge is 0.260 e. The monoisotopic (exact) mass is 512 g/mol. The number of benzene rings is 2. The summed E-state index contributed by atoms with van der Waals surface area (Å²) in [6, 6.07) is 14.5. The number of piperazine rings is 1. The Morgan fingerprint density at radius 3 is 2.63 bits per heavy atom. The number of methoxy groups -OCH3 is 1. The number of para-hydroxylation sites is 1. The number of hydrogen-bond acceptors (Lipinski definition) is 7. The first kappa shape index (κ1) is 24.5. The third kappa shape index (κ3) is 5.88. The first-order valence-electron chi connectivity index (χ1n) is 10.8. The average Bonchev–Trinajstić information content (AvgIpc) is 3.30. The summed E-state index contributed by atoms with van der Waals surface area (Å²) in [5.41, 5.74) is 1.06. The van der Waals surface area contributed by atoms with Gasteiger partial charge in [-0.2, -0.15) is 10.2 Å². The van der Waals surface area contributed by atoms with Crippen LogP contribution in [0.3, 0.4) is 0 Å². The number of nitriles is 1. The fourth-order valence-electron chi connectivity index (χ4n) is 3.63. The molecule has 180 valence electrons. The van der Waals surface area contributed by atoms with E-state index < -0.39 is 0 Å². The normalized spacial score (nSPS) is 13.7. The number of rotatable bonds is 7. The third-order valence-electron chi connectivity index (χ3n) is 5.44. The molecule has 0 unspecified atom stereocenters. The number of ether oxygens (including phenoxy) is 2. The summed E-state index contributed by atoms with van der Waals surface area (Å²) in [6.45, 7) is 1.76. The third-order valence-corrected chi connectivity index (χ3v) is 5.97. The highest BCUT2D eigenvalue weighted by atomic mass is 35.5.